The van der Waals surface area contributed by atoms with E-state index in [0.717, 1.165) is 19.3 Å². The highest BCUT2D eigenvalue weighted by Gasteiger charge is 2.53. The molecule has 0 spiro atoms. The molecule has 6 atom stereocenters. The number of Topliss-reactive ketones (excluding diaryl/α,β-unsaturated/α-hetero) is 1. The number of nitrogens with one attached hydrogen (secondary N) is 1. The Hall–Kier alpha value is -1.68. The summed E-state index contributed by atoms with van der Waals surface area (Å²) < 4.78 is 5.72. The van der Waals surface area contributed by atoms with Gasteiger partial charge in [0.25, 0.3) is 5.91 Å². The third-order valence-corrected chi connectivity index (χ3v) is 7.98. The largest absolute Gasteiger partial charge is 0.355 e. The lowest BCUT2D eigenvalue weighted by atomic mass is 9.52. The van der Waals surface area contributed by atoms with Crippen LogP contribution < -0.4 is 5.32 Å². The Morgan fingerprint density at radius 3 is 2.58 bits per heavy atom. The fraction of sp³-hybridized carbons (Fsp3) is 0.704. The number of ether oxygens (including phenoxy) is 1. The number of ketones is 1. The first-order chi connectivity index (χ1) is 14.5. The van der Waals surface area contributed by atoms with Crippen molar-refractivity contribution in [2.75, 3.05) is 7.11 Å². The minimum Gasteiger partial charge on any atom is -0.355 e. The zero-order valence-corrected chi connectivity index (χ0v) is 20.7. The van der Waals surface area contributed by atoms with E-state index in [0.29, 0.717) is 18.3 Å². The number of hydrogen-bond acceptors (Lipinski definition) is 3. The lowest BCUT2D eigenvalue weighted by molar-refractivity contribution is -0.129. The molecule has 0 unspecified atom stereocenters. The smallest absolute Gasteiger partial charge is 0.257 e. The van der Waals surface area contributed by atoms with Gasteiger partial charge in [-0.2, -0.15) is 0 Å². The molecule has 1 saturated carbocycles. The van der Waals surface area contributed by atoms with Gasteiger partial charge in [-0.05, 0) is 62.9 Å². The summed E-state index contributed by atoms with van der Waals surface area (Å²) in [6.07, 6.45) is 10.2. The van der Waals surface area contributed by atoms with Crippen molar-refractivity contribution >= 4 is 11.7 Å². The Bertz CT molecular complexity index is 835. The van der Waals surface area contributed by atoms with Gasteiger partial charge >= 0.3 is 0 Å². The maximum Gasteiger partial charge on any atom is 0.257 e. The van der Waals surface area contributed by atoms with Crippen LogP contribution in [0, 0.1) is 35.0 Å². The van der Waals surface area contributed by atoms with Gasteiger partial charge in [0, 0.05) is 25.4 Å². The normalized spacial score (nSPS) is 38.5. The number of allylic oxidation sites excluding steroid dienone is 4. The highest BCUT2D eigenvalue weighted by molar-refractivity contribution is 6.22. The summed E-state index contributed by atoms with van der Waals surface area (Å²) in [4.78, 5) is 27.1. The topological polar surface area (TPSA) is 55.4 Å². The predicted molar refractivity (Wildman–Crippen MR) is 125 cm³/mol. The Morgan fingerprint density at radius 2 is 2.00 bits per heavy atom. The van der Waals surface area contributed by atoms with E-state index >= 15 is 0 Å². The standard InChI is InChI=1S/C27H41NO3/c1-9-18(5)22-19(6)14-26(7)13-17(4)10-11-21(26)23(22)24(29)20-15-27(31-8,12-16(2)3)28-25(20)30/h9,14-17,21-23H,10-13H2,1-8H3,(H,28,30)/b18-9+/t17-,21+,22-,23+,26+,27+/m0/s1. The zero-order chi connectivity index (χ0) is 23.1. The van der Waals surface area contributed by atoms with Gasteiger partial charge in [0.15, 0.2) is 11.5 Å². The fourth-order valence-electron chi connectivity index (χ4n) is 6.70. The lowest BCUT2D eigenvalue weighted by Gasteiger charge is -2.52. The molecule has 0 bridgehead atoms. The summed E-state index contributed by atoms with van der Waals surface area (Å²) in [5.74, 6) is 0.777. The quantitative estimate of drug-likeness (QED) is 0.443. The van der Waals surface area contributed by atoms with Crippen LogP contribution in [0.1, 0.15) is 74.1 Å². The summed E-state index contributed by atoms with van der Waals surface area (Å²) >= 11 is 0. The van der Waals surface area contributed by atoms with Gasteiger partial charge in [-0.25, -0.2) is 0 Å². The molecule has 0 saturated heterocycles. The summed E-state index contributed by atoms with van der Waals surface area (Å²) in [7, 11) is 1.60. The van der Waals surface area contributed by atoms with Crippen molar-refractivity contribution in [3.8, 4) is 0 Å². The number of methoxy groups -OCH3 is 1. The molecular weight excluding hydrogens is 386 g/mol. The average molecular weight is 428 g/mol. The van der Waals surface area contributed by atoms with Crippen LogP contribution in [0.3, 0.4) is 0 Å². The molecule has 172 valence electrons. The van der Waals surface area contributed by atoms with Gasteiger partial charge in [-0.1, -0.05) is 57.4 Å². The second-order valence-electron chi connectivity index (χ2n) is 11.0. The summed E-state index contributed by atoms with van der Waals surface area (Å²) in [6.45, 7) is 15.2. The third-order valence-electron chi connectivity index (χ3n) is 7.98. The number of fused-ring (bicyclic) bond motifs is 1. The summed E-state index contributed by atoms with van der Waals surface area (Å²) in [5.41, 5.74) is 1.88. The van der Waals surface area contributed by atoms with E-state index in [1.165, 1.54) is 11.1 Å². The van der Waals surface area contributed by atoms with Crippen LogP contribution >= 0.6 is 0 Å². The number of rotatable bonds is 6. The first kappa shape index (κ1) is 24.0. The first-order valence-electron chi connectivity index (χ1n) is 11.9. The molecule has 2 aliphatic carbocycles. The molecule has 0 aromatic rings. The minimum absolute atomic E-state index is 0.00147. The molecule has 0 radical (unpaired) electrons. The van der Waals surface area contributed by atoms with E-state index in [1.54, 1.807) is 13.2 Å². The number of carbonyl (C=O) groups excluding carboxylic acids is 2. The van der Waals surface area contributed by atoms with Crippen molar-refractivity contribution in [2.45, 2.75) is 79.9 Å². The Labute approximate surface area is 188 Å². The second-order valence-corrected chi connectivity index (χ2v) is 11.0. The molecule has 1 heterocycles. The van der Waals surface area contributed by atoms with Crippen LogP contribution in [0.25, 0.3) is 0 Å². The van der Waals surface area contributed by atoms with Gasteiger partial charge in [-0.3, -0.25) is 9.59 Å². The van der Waals surface area contributed by atoms with Crippen LogP contribution in [0.5, 0.6) is 0 Å². The summed E-state index contributed by atoms with van der Waals surface area (Å²) in [6, 6.07) is 0. The van der Waals surface area contributed by atoms with E-state index in [-0.39, 0.29) is 40.4 Å². The van der Waals surface area contributed by atoms with Crippen LogP contribution in [0.2, 0.25) is 0 Å². The third kappa shape index (κ3) is 4.33. The minimum atomic E-state index is -0.884. The second kappa shape index (κ2) is 8.69. The molecule has 1 N–H and O–H groups in total. The monoisotopic (exact) mass is 427 g/mol. The van der Waals surface area contributed by atoms with E-state index in [9.17, 15) is 9.59 Å². The lowest BCUT2D eigenvalue weighted by Crippen LogP contribution is -2.48. The van der Waals surface area contributed by atoms with Crippen molar-refractivity contribution in [3.63, 3.8) is 0 Å². The van der Waals surface area contributed by atoms with Crippen molar-refractivity contribution in [1.29, 1.82) is 0 Å². The molecule has 3 aliphatic rings. The van der Waals surface area contributed by atoms with E-state index in [1.807, 2.05) is 6.92 Å². The Kier molecular flexibility index (Phi) is 6.72. The Balaban J connectivity index is 2.08. The molecular formula is C27H41NO3. The zero-order valence-electron chi connectivity index (χ0n) is 20.7. The van der Waals surface area contributed by atoms with Crippen molar-refractivity contribution < 1.29 is 14.3 Å². The van der Waals surface area contributed by atoms with E-state index in [2.05, 4.69) is 59.0 Å². The van der Waals surface area contributed by atoms with E-state index < -0.39 is 5.72 Å². The molecule has 0 aromatic heterocycles. The van der Waals surface area contributed by atoms with Crippen molar-refractivity contribution in [1.82, 2.24) is 5.32 Å². The van der Waals surface area contributed by atoms with Gasteiger partial charge in [-0.15, -0.1) is 0 Å². The fourth-order valence-corrected chi connectivity index (χ4v) is 6.70. The number of hydrogen-bond donors (Lipinski definition) is 1. The SMILES string of the molecule is C/C=C(\C)[C@H]1C(C)=C[C@@]2(C)C[C@@H](C)CC[C@@H]2[C@H]1C(=O)C1=C[C@@](CC(C)C)(OC)NC1=O. The molecule has 31 heavy (non-hydrogen) atoms. The molecule has 1 amide bonds. The highest BCUT2D eigenvalue weighted by Crippen LogP contribution is 2.56. The molecule has 4 heteroatoms. The molecule has 1 fully saturated rings. The molecule has 0 aromatic carbocycles. The van der Waals surface area contributed by atoms with E-state index in [4.69, 9.17) is 4.74 Å². The van der Waals surface area contributed by atoms with Gasteiger partial charge in [0.2, 0.25) is 0 Å². The van der Waals surface area contributed by atoms with Gasteiger partial charge in [0.1, 0.15) is 0 Å². The van der Waals surface area contributed by atoms with Crippen LogP contribution in [0.15, 0.2) is 34.9 Å². The van der Waals surface area contributed by atoms with Crippen LogP contribution in [0.4, 0.5) is 0 Å². The maximum absolute atomic E-state index is 14.1. The van der Waals surface area contributed by atoms with Crippen molar-refractivity contribution in [3.05, 3.63) is 34.9 Å². The predicted octanol–water partition coefficient (Wildman–Crippen LogP) is 5.60. The van der Waals surface area contributed by atoms with Crippen LogP contribution in [-0.2, 0) is 14.3 Å². The highest BCUT2D eigenvalue weighted by atomic mass is 16.5. The molecule has 3 rings (SSSR count). The maximum atomic E-state index is 14.1. The average Bonchev–Trinajstić information content (AvgIpc) is 3.00. The van der Waals surface area contributed by atoms with Crippen molar-refractivity contribution in [2.24, 2.45) is 35.0 Å². The number of amides is 1. The number of carbonyl (C=O) groups is 2. The first-order valence-corrected chi connectivity index (χ1v) is 11.9. The Morgan fingerprint density at radius 1 is 1.32 bits per heavy atom. The molecule has 1 aliphatic heterocycles. The van der Waals surface area contributed by atoms with Crippen LogP contribution in [-0.4, -0.2) is 24.5 Å². The van der Waals surface area contributed by atoms with Gasteiger partial charge < -0.3 is 10.1 Å². The molecule has 4 nitrogen and oxygen atoms in total. The van der Waals surface area contributed by atoms with Gasteiger partial charge in [0.05, 0.1) is 5.57 Å². The summed E-state index contributed by atoms with van der Waals surface area (Å²) in [5, 5.41) is 2.97.